The van der Waals surface area contributed by atoms with E-state index in [2.05, 4.69) is 10.2 Å². The van der Waals surface area contributed by atoms with Crippen LogP contribution in [0.5, 0.6) is 0 Å². The predicted molar refractivity (Wildman–Crippen MR) is 63.3 cm³/mol. The van der Waals surface area contributed by atoms with E-state index >= 15 is 0 Å². The summed E-state index contributed by atoms with van der Waals surface area (Å²) in [6, 6.07) is 5.28. The van der Waals surface area contributed by atoms with Gasteiger partial charge in [0.2, 0.25) is 0 Å². The van der Waals surface area contributed by atoms with Gasteiger partial charge in [-0.2, -0.15) is 0 Å². The van der Waals surface area contributed by atoms with Crippen LogP contribution >= 0.6 is 34.5 Å². The van der Waals surface area contributed by atoms with Crippen LogP contribution in [0.1, 0.15) is 5.01 Å². The number of hydrogen-bond donors (Lipinski definition) is 1. The molecule has 1 heterocycles. The Hall–Kier alpha value is -0.680. The topological polar surface area (TPSA) is 51.8 Å². The average Bonchev–Trinajstić information content (AvgIpc) is 2.64. The van der Waals surface area contributed by atoms with Gasteiger partial charge in [-0.05, 0) is 18.2 Å². The molecule has 0 bridgehead atoms. The fourth-order valence-electron chi connectivity index (χ4n) is 1.13. The zero-order valence-corrected chi connectivity index (χ0v) is 9.90. The number of halogens is 2. The number of rotatable bonds is 2. The summed E-state index contributed by atoms with van der Waals surface area (Å²) in [5.74, 6) is 0. The van der Waals surface area contributed by atoms with Crippen molar-refractivity contribution in [1.82, 2.24) is 10.2 Å². The molecule has 2 N–H and O–H groups in total. The van der Waals surface area contributed by atoms with E-state index < -0.39 is 0 Å². The molecule has 0 fully saturated rings. The van der Waals surface area contributed by atoms with Crippen LogP contribution in [0.4, 0.5) is 0 Å². The molecule has 2 rings (SSSR count). The van der Waals surface area contributed by atoms with Crippen LogP contribution in [-0.4, -0.2) is 10.2 Å². The number of aromatic nitrogens is 2. The lowest BCUT2D eigenvalue weighted by molar-refractivity contribution is 0.960. The lowest BCUT2D eigenvalue weighted by Gasteiger charge is -1.97. The van der Waals surface area contributed by atoms with Crippen molar-refractivity contribution in [2.75, 3.05) is 0 Å². The van der Waals surface area contributed by atoms with Crippen LogP contribution in [0.3, 0.4) is 0 Å². The Morgan fingerprint density at radius 1 is 1.13 bits per heavy atom. The molecule has 78 valence electrons. The van der Waals surface area contributed by atoms with E-state index in [9.17, 15) is 0 Å². The molecule has 1 aromatic heterocycles. The predicted octanol–water partition coefficient (Wildman–Crippen LogP) is 2.97. The SMILES string of the molecule is NCc1nnc(-c2cc(Cl)cc(Cl)c2)s1. The average molecular weight is 260 g/mol. The Morgan fingerprint density at radius 3 is 2.33 bits per heavy atom. The van der Waals surface area contributed by atoms with Crippen molar-refractivity contribution in [2.24, 2.45) is 5.73 Å². The van der Waals surface area contributed by atoms with Crippen molar-refractivity contribution in [3.05, 3.63) is 33.3 Å². The van der Waals surface area contributed by atoms with Gasteiger partial charge in [0.25, 0.3) is 0 Å². The largest absolute Gasteiger partial charge is 0.324 e. The third-order valence-corrected chi connectivity index (χ3v) is 3.18. The maximum atomic E-state index is 5.89. The third-order valence-electron chi connectivity index (χ3n) is 1.75. The molecule has 0 saturated heterocycles. The molecule has 0 aliphatic rings. The molecule has 0 radical (unpaired) electrons. The van der Waals surface area contributed by atoms with Crippen molar-refractivity contribution in [2.45, 2.75) is 6.54 Å². The molecular weight excluding hydrogens is 253 g/mol. The van der Waals surface area contributed by atoms with E-state index in [0.717, 1.165) is 15.6 Å². The first-order valence-corrected chi connectivity index (χ1v) is 5.75. The van der Waals surface area contributed by atoms with Crippen LogP contribution in [0.15, 0.2) is 18.2 Å². The van der Waals surface area contributed by atoms with E-state index in [0.29, 0.717) is 16.6 Å². The lowest BCUT2D eigenvalue weighted by atomic mass is 10.2. The van der Waals surface area contributed by atoms with Gasteiger partial charge in [0.15, 0.2) is 0 Å². The normalized spacial score (nSPS) is 10.6. The lowest BCUT2D eigenvalue weighted by Crippen LogP contribution is -1.94. The molecule has 0 spiro atoms. The van der Waals surface area contributed by atoms with Crippen molar-refractivity contribution in [3.63, 3.8) is 0 Å². The Labute approximate surface area is 101 Å². The van der Waals surface area contributed by atoms with Gasteiger partial charge in [0.05, 0.1) is 0 Å². The van der Waals surface area contributed by atoms with Crippen LogP contribution in [0, 0.1) is 0 Å². The summed E-state index contributed by atoms with van der Waals surface area (Å²) in [6.07, 6.45) is 0. The quantitative estimate of drug-likeness (QED) is 0.903. The van der Waals surface area contributed by atoms with E-state index in [4.69, 9.17) is 28.9 Å². The molecule has 0 aliphatic carbocycles. The van der Waals surface area contributed by atoms with Crippen molar-refractivity contribution in [3.8, 4) is 10.6 Å². The Morgan fingerprint density at radius 2 is 1.80 bits per heavy atom. The first kappa shape index (κ1) is 10.8. The van der Waals surface area contributed by atoms with Crippen LogP contribution in [-0.2, 0) is 6.54 Å². The molecule has 0 aliphatic heterocycles. The fourth-order valence-corrected chi connectivity index (χ4v) is 2.36. The highest BCUT2D eigenvalue weighted by Crippen LogP contribution is 2.29. The molecule has 0 unspecified atom stereocenters. The van der Waals surface area contributed by atoms with E-state index in [1.54, 1.807) is 18.2 Å². The summed E-state index contributed by atoms with van der Waals surface area (Å²) in [5.41, 5.74) is 6.32. The maximum Gasteiger partial charge on any atom is 0.147 e. The smallest absolute Gasteiger partial charge is 0.147 e. The highest BCUT2D eigenvalue weighted by Gasteiger charge is 2.07. The maximum absolute atomic E-state index is 5.89. The number of nitrogens with zero attached hydrogens (tertiary/aromatic N) is 2. The van der Waals surface area contributed by atoms with Gasteiger partial charge in [-0.25, -0.2) is 0 Å². The van der Waals surface area contributed by atoms with E-state index in [1.165, 1.54) is 11.3 Å². The van der Waals surface area contributed by atoms with E-state index in [-0.39, 0.29) is 0 Å². The highest BCUT2D eigenvalue weighted by atomic mass is 35.5. The van der Waals surface area contributed by atoms with Crippen LogP contribution in [0.25, 0.3) is 10.6 Å². The van der Waals surface area contributed by atoms with Gasteiger partial charge in [-0.3, -0.25) is 0 Å². The summed E-state index contributed by atoms with van der Waals surface area (Å²) >= 11 is 13.2. The zero-order valence-electron chi connectivity index (χ0n) is 7.58. The van der Waals surface area contributed by atoms with Gasteiger partial charge >= 0.3 is 0 Å². The minimum absolute atomic E-state index is 0.395. The summed E-state index contributed by atoms with van der Waals surface area (Å²) in [4.78, 5) is 0. The summed E-state index contributed by atoms with van der Waals surface area (Å²) in [6.45, 7) is 0.395. The van der Waals surface area contributed by atoms with Gasteiger partial charge in [0, 0.05) is 22.2 Å². The molecule has 3 nitrogen and oxygen atoms in total. The summed E-state index contributed by atoms with van der Waals surface area (Å²) in [5, 5.41) is 10.7. The molecule has 15 heavy (non-hydrogen) atoms. The van der Waals surface area contributed by atoms with E-state index in [1.807, 2.05) is 0 Å². The standard InChI is InChI=1S/C9H7Cl2N3S/c10-6-1-5(2-7(11)3-6)9-14-13-8(4-12)15-9/h1-3H,4,12H2. The Balaban J connectivity index is 2.44. The first-order chi connectivity index (χ1) is 7.19. The van der Waals surface area contributed by atoms with Crippen LogP contribution in [0.2, 0.25) is 10.0 Å². The summed E-state index contributed by atoms with van der Waals surface area (Å²) in [7, 11) is 0. The number of nitrogens with two attached hydrogens (primary N) is 1. The highest BCUT2D eigenvalue weighted by molar-refractivity contribution is 7.14. The minimum atomic E-state index is 0.395. The van der Waals surface area contributed by atoms with Crippen molar-refractivity contribution < 1.29 is 0 Å². The van der Waals surface area contributed by atoms with Crippen molar-refractivity contribution >= 4 is 34.5 Å². The molecule has 0 amide bonds. The fraction of sp³-hybridized carbons (Fsp3) is 0.111. The molecule has 6 heteroatoms. The molecule has 2 aromatic rings. The molecular formula is C9H7Cl2N3S. The van der Waals surface area contributed by atoms with Crippen molar-refractivity contribution in [1.29, 1.82) is 0 Å². The number of hydrogen-bond acceptors (Lipinski definition) is 4. The van der Waals surface area contributed by atoms with Crippen LogP contribution < -0.4 is 5.73 Å². The van der Waals surface area contributed by atoms with Gasteiger partial charge in [0.1, 0.15) is 10.0 Å². The molecule has 0 atom stereocenters. The zero-order chi connectivity index (χ0) is 10.8. The Bertz CT molecular complexity index is 464. The second-order valence-corrected chi connectivity index (χ2v) is 4.80. The minimum Gasteiger partial charge on any atom is -0.324 e. The van der Waals surface area contributed by atoms with Gasteiger partial charge in [-0.1, -0.05) is 34.5 Å². The molecule has 1 aromatic carbocycles. The van der Waals surface area contributed by atoms with Gasteiger partial charge < -0.3 is 5.73 Å². The summed E-state index contributed by atoms with van der Waals surface area (Å²) < 4.78 is 0. The van der Waals surface area contributed by atoms with Gasteiger partial charge in [-0.15, -0.1) is 10.2 Å². The first-order valence-electron chi connectivity index (χ1n) is 4.18. The molecule has 0 saturated carbocycles. The second kappa shape index (κ2) is 4.45. The second-order valence-electron chi connectivity index (χ2n) is 2.86. The Kier molecular flexibility index (Phi) is 3.21. The third kappa shape index (κ3) is 2.46. The monoisotopic (exact) mass is 259 g/mol. The number of benzene rings is 1.